The molecule has 2 aliphatic rings. The number of hydrogen-bond donors (Lipinski definition) is 4. The molecule has 2 amide bonds. The highest BCUT2D eigenvalue weighted by atomic mass is 32.2. The van der Waals surface area contributed by atoms with Crippen molar-refractivity contribution in [2.24, 2.45) is 5.73 Å². The Kier molecular flexibility index (Phi) is 7.20. The SMILES string of the molecule is Cc1ccc(CN[C@H](C)C(=O)C(N)(C(=O)N[C@@H]2C(=O)N3[C@@H]2SC(C)(C)[C@@H]3C(=O)O)c2ccccc2)cc1. The third-order valence-electron chi connectivity index (χ3n) is 7.06. The smallest absolute Gasteiger partial charge is 0.327 e. The summed E-state index contributed by atoms with van der Waals surface area (Å²) in [6.45, 7) is 7.55. The maximum atomic E-state index is 13.7. The van der Waals surface area contributed by atoms with Crippen LogP contribution in [0.1, 0.15) is 37.5 Å². The molecule has 37 heavy (non-hydrogen) atoms. The molecular formula is C27H32N4O5S. The summed E-state index contributed by atoms with van der Waals surface area (Å²) in [5, 5.41) is 14.9. The number of carboxylic acids is 1. The van der Waals surface area contributed by atoms with Crippen LogP contribution < -0.4 is 16.4 Å². The Morgan fingerprint density at radius 1 is 1.14 bits per heavy atom. The Hall–Kier alpha value is -3.21. The topological polar surface area (TPSA) is 142 Å². The summed E-state index contributed by atoms with van der Waals surface area (Å²) >= 11 is 1.31. The first-order chi connectivity index (χ1) is 17.4. The zero-order valence-corrected chi connectivity index (χ0v) is 22.0. The molecule has 1 unspecified atom stereocenters. The second-order valence-corrected chi connectivity index (χ2v) is 11.9. The summed E-state index contributed by atoms with van der Waals surface area (Å²) in [6.07, 6.45) is 0. The molecule has 0 saturated carbocycles. The van der Waals surface area contributed by atoms with Crippen LogP contribution in [-0.2, 0) is 31.3 Å². The monoisotopic (exact) mass is 524 g/mol. The zero-order chi connectivity index (χ0) is 27.1. The normalized spacial score (nSPS) is 24.4. The predicted octanol–water partition coefficient (Wildman–Crippen LogP) is 1.53. The molecule has 0 aliphatic carbocycles. The minimum Gasteiger partial charge on any atom is -0.480 e. The number of carbonyl (C=O) groups excluding carboxylic acids is 3. The number of aliphatic carboxylic acids is 1. The molecule has 0 spiro atoms. The van der Waals surface area contributed by atoms with E-state index in [0.29, 0.717) is 12.1 Å². The number of nitrogens with two attached hydrogens (primary N) is 1. The molecule has 10 heteroatoms. The Balaban J connectivity index is 1.54. The first-order valence-corrected chi connectivity index (χ1v) is 13.0. The summed E-state index contributed by atoms with van der Waals surface area (Å²) < 4.78 is -0.741. The van der Waals surface area contributed by atoms with Crippen molar-refractivity contribution in [3.8, 4) is 0 Å². The lowest BCUT2D eigenvalue weighted by atomic mass is 9.82. The van der Waals surface area contributed by atoms with Crippen LogP contribution in [0.15, 0.2) is 54.6 Å². The third-order valence-corrected chi connectivity index (χ3v) is 8.64. The van der Waals surface area contributed by atoms with E-state index in [2.05, 4.69) is 10.6 Å². The number of Topliss-reactive ketones (excluding diaryl/α,β-unsaturated/α-hetero) is 1. The summed E-state index contributed by atoms with van der Waals surface area (Å²) in [5.74, 6) is -2.95. The van der Waals surface area contributed by atoms with Crippen molar-refractivity contribution in [3.63, 3.8) is 0 Å². The molecule has 0 aromatic heterocycles. The number of nitrogens with zero attached hydrogens (tertiary/aromatic N) is 1. The van der Waals surface area contributed by atoms with Crippen molar-refractivity contribution >= 4 is 35.3 Å². The molecule has 2 heterocycles. The Morgan fingerprint density at radius 3 is 2.35 bits per heavy atom. The number of β-lactam (4-membered cyclic amide) rings is 1. The molecule has 4 rings (SSSR count). The summed E-state index contributed by atoms with van der Waals surface area (Å²) in [4.78, 5) is 53.4. The van der Waals surface area contributed by atoms with Crippen LogP contribution >= 0.6 is 11.8 Å². The van der Waals surface area contributed by atoms with Gasteiger partial charge in [-0.15, -0.1) is 11.8 Å². The fraction of sp³-hybridized carbons (Fsp3) is 0.407. The zero-order valence-electron chi connectivity index (χ0n) is 21.2. The number of aryl methyl sites for hydroxylation is 1. The Labute approximate surface area is 220 Å². The number of benzene rings is 2. The molecule has 5 N–H and O–H groups in total. The number of rotatable bonds is 9. The van der Waals surface area contributed by atoms with Crippen molar-refractivity contribution in [2.45, 2.75) is 68.0 Å². The van der Waals surface area contributed by atoms with Gasteiger partial charge >= 0.3 is 5.97 Å². The standard InChI is InChI=1S/C27H32N4O5S/c1-15-10-12-17(13-11-15)14-29-16(2)21(32)27(28,18-8-6-5-7-9-18)25(36)30-19-22(33)31-20(24(34)35)26(3,4)37-23(19)31/h5-13,16,19-20,23,29H,14,28H2,1-4H3,(H,30,36)(H,34,35)/t16-,19-,20+,23-,27?/m1/s1. The Morgan fingerprint density at radius 2 is 1.76 bits per heavy atom. The summed E-state index contributed by atoms with van der Waals surface area (Å²) in [5.41, 5.74) is 6.94. The van der Waals surface area contributed by atoms with Gasteiger partial charge in [0.15, 0.2) is 11.3 Å². The number of fused-ring (bicyclic) bond motifs is 1. The van der Waals surface area contributed by atoms with Crippen molar-refractivity contribution in [2.75, 3.05) is 0 Å². The van der Waals surface area contributed by atoms with E-state index in [0.717, 1.165) is 11.1 Å². The molecule has 9 nitrogen and oxygen atoms in total. The van der Waals surface area contributed by atoms with Gasteiger partial charge in [0.2, 0.25) is 5.91 Å². The lowest BCUT2D eigenvalue weighted by molar-refractivity contribution is -0.161. The lowest BCUT2D eigenvalue weighted by Gasteiger charge is -2.44. The largest absolute Gasteiger partial charge is 0.480 e. The predicted molar refractivity (Wildman–Crippen MR) is 140 cm³/mol. The van der Waals surface area contributed by atoms with E-state index in [1.807, 2.05) is 31.2 Å². The number of carboxylic acid groups (broad SMARTS) is 1. The minimum atomic E-state index is -2.06. The average Bonchev–Trinajstić information content (AvgIpc) is 3.13. The molecule has 2 aliphatic heterocycles. The molecular weight excluding hydrogens is 492 g/mol. The van der Waals surface area contributed by atoms with Crippen LogP contribution in [0.5, 0.6) is 0 Å². The lowest BCUT2D eigenvalue weighted by Crippen LogP contribution is -2.73. The van der Waals surface area contributed by atoms with Crippen molar-refractivity contribution < 1.29 is 24.3 Å². The number of nitrogens with one attached hydrogen (secondary N) is 2. The maximum absolute atomic E-state index is 13.7. The van der Waals surface area contributed by atoms with E-state index in [-0.39, 0.29) is 0 Å². The van der Waals surface area contributed by atoms with Gasteiger partial charge in [0, 0.05) is 11.3 Å². The average molecular weight is 525 g/mol. The second-order valence-electron chi connectivity index (χ2n) is 10.2. The molecule has 0 bridgehead atoms. The fourth-order valence-electron chi connectivity index (χ4n) is 4.90. The van der Waals surface area contributed by atoms with Gasteiger partial charge in [-0.3, -0.25) is 14.4 Å². The van der Waals surface area contributed by atoms with E-state index in [4.69, 9.17) is 5.73 Å². The molecule has 2 saturated heterocycles. The van der Waals surface area contributed by atoms with E-state index in [1.165, 1.54) is 16.7 Å². The van der Waals surface area contributed by atoms with Gasteiger partial charge in [-0.1, -0.05) is 60.2 Å². The van der Waals surface area contributed by atoms with Gasteiger partial charge in [0.05, 0.1) is 6.04 Å². The fourth-order valence-corrected chi connectivity index (χ4v) is 6.52. The quantitative estimate of drug-likeness (QED) is 0.286. The number of thioether (sulfide) groups is 1. The van der Waals surface area contributed by atoms with Crippen LogP contribution in [-0.4, -0.2) is 61.8 Å². The van der Waals surface area contributed by atoms with Crippen LogP contribution in [0.25, 0.3) is 0 Å². The van der Waals surface area contributed by atoms with Gasteiger partial charge in [-0.2, -0.15) is 0 Å². The summed E-state index contributed by atoms with van der Waals surface area (Å²) in [7, 11) is 0. The highest BCUT2D eigenvalue weighted by Gasteiger charge is 2.65. The third kappa shape index (κ3) is 4.76. The maximum Gasteiger partial charge on any atom is 0.327 e. The van der Waals surface area contributed by atoms with Crippen LogP contribution in [0, 0.1) is 6.92 Å². The molecule has 196 valence electrons. The van der Waals surface area contributed by atoms with Crippen LogP contribution in [0.2, 0.25) is 0 Å². The van der Waals surface area contributed by atoms with Gasteiger partial charge in [0.1, 0.15) is 17.5 Å². The van der Waals surface area contributed by atoms with E-state index in [9.17, 15) is 24.3 Å². The molecule has 5 atom stereocenters. The summed E-state index contributed by atoms with van der Waals surface area (Å²) in [6, 6.07) is 13.4. The highest BCUT2D eigenvalue weighted by molar-refractivity contribution is 8.01. The first kappa shape index (κ1) is 26.8. The van der Waals surface area contributed by atoms with E-state index >= 15 is 0 Å². The molecule has 2 fully saturated rings. The van der Waals surface area contributed by atoms with Crippen molar-refractivity contribution in [3.05, 3.63) is 71.3 Å². The highest BCUT2D eigenvalue weighted by Crippen LogP contribution is 2.50. The van der Waals surface area contributed by atoms with Crippen molar-refractivity contribution in [1.82, 2.24) is 15.5 Å². The number of hydrogen-bond acceptors (Lipinski definition) is 7. The number of carbonyl (C=O) groups is 4. The first-order valence-electron chi connectivity index (χ1n) is 12.1. The molecule has 0 radical (unpaired) electrons. The van der Waals surface area contributed by atoms with Crippen LogP contribution in [0.3, 0.4) is 0 Å². The second kappa shape index (κ2) is 9.92. The van der Waals surface area contributed by atoms with Gasteiger partial charge in [-0.05, 0) is 38.8 Å². The Bertz CT molecular complexity index is 1220. The van der Waals surface area contributed by atoms with Crippen molar-refractivity contribution in [1.29, 1.82) is 0 Å². The van der Waals surface area contributed by atoms with Gasteiger partial charge in [0.25, 0.3) is 5.91 Å². The van der Waals surface area contributed by atoms with Gasteiger partial charge < -0.3 is 26.4 Å². The van der Waals surface area contributed by atoms with Crippen LogP contribution in [0.4, 0.5) is 0 Å². The van der Waals surface area contributed by atoms with E-state index < -0.39 is 57.4 Å². The minimum absolute atomic E-state index is 0.299. The van der Waals surface area contributed by atoms with E-state index in [1.54, 1.807) is 51.1 Å². The molecule has 2 aromatic rings. The number of ketones is 1. The molecule has 2 aromatic carbocycles. The van der Waals surface area contributed by atoms with Gasteiger partial charge in [-0.25, -0.2) is 4.79 Å². The number of amides is 2.